The third-order valence-electron chi connectivity index (χ3n) is 3.41. The van der Waals surface area contributed by atoms with Gasteiger partial charge in [0.2, 0.25) is 0 Å². The van der Waals surface area contributed by atoms with Crippen LogP contribution >= 0.6 is 0 Å². The van der Waals surface area contributed by atoms with Crippen molar-refractivity contribution in [2.75, 3.05) is 20.8 Å². The summed E-state index contributed by atoms with van der Waals surface area (Å²) >= 11 is 0. The van der Waals surface area contributed by atoms with Gasteiger partial charge in [0.15, 0.2) is 0 Å². The number of benzene rings is 1. The molecule has 0 bridgehead atoms. The van der Waals surface area contributed by atoms with E-state index in [4.69, 9.17) is 9.47 Å². The van der Waals surface area contributed by atoms with E-state index in [0.29, 0.717) is 12.0 Å². The van der Waals surface area contributed by atoms with Gasteiger partial charge in [0.05, 0.1) is 14.2 Å². The van der Waals surface area contributed by atoms with Gasteiger partial charge in [-0.05, 0) is 31.5 Å². The maximum atomic E-state index is 5.45. The molecule has 1 fully saturated rings. The van der Waals surface area contributed by atoms with Crippen molar-refractivity contribution in [2.24, 2.45) is 0 Å². The molecule has 1 aliphatic rings. The van der Waals surface area contributed by atoms with E-state index in [-0.39, 0.29) is 0 Å². The van der Waals surface area contributed by atoms with Gasteiger partial charge in [0.25, 0.3) is 0 Å². The Kier molecular flexibility index (Phi) is 3.06. The molecule has 1 saturated heterocycles. The molecule has 2 rings (SSSR count). The van der Waals surface area contributed by atoms with Crippen LogP contribution in [-0.2, 0) is 0 Å². The lowest BCUT2D eigenvalue weighted by molar-refractivity contribution is 0.317. The van der Waals surface area contributed by atoms with Crippen LogP contribution < -0.4 is 14.8 Å². The highest BCUT2D eigenvalue weighted by molar-refractivity contribution is 5.48. The number of nitrogens with one attached hydrogen (secondary N) is 1. The smallest absolute Gasteiger partial charge is 0.122 e. The van der Waals surface area contributed by atoms with Crippen molar-refractivity contribution in [3.05, 3.63) is 23.3 Å². The summed E-state index contributed by atoms with van der Waals surface area (Å²) in [6.07, 6.45) is 0. The number of rotatable bonds is 3. The Labute approximate surface area is 96.8 Å². The van der Waals surface area contributed by atoms with Gasteiger partial charge in [-0.3, -0.25) is 0 Å². The van der Waals surface area contributed by atoms with E-state index in [1.54, 1.807) is 14.2 Å². The molecule has 1 heterocycles. The van der Waals surface area contributed by atoms with Crippen molar-refractivity contribution in [2.45, 2.75) is 25.8 Å². The Morgan fingerprint density at radius 1 is 1.19 bits per heavy atom. The quantitative estimate of drug-likeness (QED) is 0.847. The van der Waals surface area contributed by atoms with Gasteiger partial charge in [0, 0.05) is 24.1 Å². The van der Waals surface area contributed by atoms with Crippen molar-refractivity contribution in [3.63, 3.8) is 0 Å². The van der Waals surface area contributed by atoms with Gasteiger partial charge < -0.3 is 14.8 Å². The first kappa shape index (κ1) is 11.3. The average Bonchev–Trinajstić information content (AvgIpc) is 2.28. The summed E-state index contributed by atoms with van der Waals surface area (Å²) in [5.41, 5.74) is 2.36. The summed E-state index contributed by atoms with van der Waals surface area (Å²) in [7, 11) is 3.43. The second kappa shape index (κ2) is 4.34. The molecule has 0 aliphatic carbocycles. The highest BCUT2D eigenvalue weighted by Crippen LogP contribution is 2.37. The molecule has 3 nitrogen and oxygen atoms in total. The van der Waals surface area contributed by atoms with Crippen molar-refractivity contribution in [3.8, 4) is 11.5 Å². The highest BCUT2D eigenvalue weighted by atomic mass is 16.5. The molecule has 1 aromatic rings. The van der Waals surface area contributed by atoms with Crippen LogP contribution in [0.15, 0.2) is 12.1 Å². The standard InChI is InChI=1S/C13H19NO2/c1-8-5-13(16-4)10(6-12(8)15-3)11-7-14-9(11)2/h5-6,9,11,14H,7H2,1-4H3. The molecule has 0 spiro atoms. The fraction of sp³-hybridized carbons (Fsp3) is 0.538. The lowest BCUT2D eigenvalue weighted by atomic mass is 9.85. The van der Waals surface area contributed by atoms with Crippen molar-refractivity contribution < 1.29 is 9.47 Å². The lowest BCUT2D eigenvalue weighted by Gasteiger charge is -2.36. The first-order chi connectivity index (χ1) is 7.67. The zero-order valence-electron chi connectivity index (χ0n) is 10.3. The minimum atomic E-state index is 0.515. The predicted molar refractivity (Wildman–Crippen MR) is 64.5 cm³/mol. The summed E-state index contributed by atoms with van der Waals surface area (Å²) in [6.45, 7) is 5.25. The number of hydrogen-bond acceptors (Lipinski definition) is 3. The van der Waals surface area contributed by atoms with Crippen LogP contribution in [0.4, 0.5) is 0 Å². The summed E-state index contributed by atoms with van der Waals surface area (Å²) in [4.78, 5) is 0. The largest absolute Gasteiger partial charge is 0.496 e. The highest BCUT2D eigenvalue weighted by Gasteiger charge is 2.30. The van der Waals surface area contributed by atoms with Crippen molar-refractivity contribution in [1.29, 1.82) is 0 Å². The summed E-state index contributed by atoms with van der Waals surface area (Å²) in [5.74, 6) is 2.44. The number of ether oxygens (including phenoxy) is 2. The summed E-state index contributed by atoms with van der Waals surface area (Å²) in [6, 6.07) is 4.68. The Balaban J connectivity index is 2.41. The van der Waals surface area contributed by atoms with E-state index < -0.39 is 0 Å². The summed E-state index contributed by atoms with van der Waals surface area (Å²) in [5, 5.41) is 3.36. The van der Waals surface area contributed by atoms with Crippen LogP contribution in [0.3, 0.4) is 0 Å². The molecular weight excluding hydrogens is 202 g/mol. The zero-order chi connectivity index (χ0) is 11.7. The minimum absolute atomic E-state index is 0.515. The van der Waals surface area contributed by atoms with Crippen LogP contribution in [0.1, 0.15) is 24.0 Å². The number of hydrogen-bond donors (Lipinski definition) is 1. The molecule has 16 heavy (non-hydrogen) atoms. The molecule has 2 atom stereocenters. The molecule has 2 unspecified atom stereocenters. The van der Waals surface area contributed by atoms with E-state index in [1.165, 1.54) is 5.56 Å². The van der Waals surface area contributed by atoms with Crippen LogP contribution in [-0.4, -0.2) is 26.8 Å². The van der Waals surface area contributed by atoms with Gasteiger partial charge in [-0.2, -0.15) is 0 Å². The molecule has 0 amide bonds. The summed E-state index contributed by atoms with van der Waals surface area (Å²) < 4.78 is 10.8. The molecule has 1 aromatic carbocycles. The fourth-order valence-corrected chi connectivity index (χ4v) is 2.21. The average molecular weight is 221 g/mol. The van der Waals surface area contributed by atoms with Crippen LogP contribution in [0.2, 0.25) is 0 Å². The van der Waals surface area contributed by atoms with E-state index in [0.717, 1.165) is 23.6 Å². The van der Waals surface area contributed by atoms with Crippen LogP contribution in [0.25, 0.3) is 0 Å². The second-order valence-corrected chi connectivity index (χ2v) is 4.37. The normalized spacial score (nSPS) is 23.8. The zero-order valence-corrected chi connectivity index (χ0v) is 10.3. The molecule has 1 aliphatic heterocycles. The molecule has 0 saturated carbocycles. The SMILES string of the molecule is COc1cc(C2CNC2C)c(OC)cc1C. The van der Waals surface area contributed by atoms with E-state index >= 15 is 0 Å². The Morgan fingerprint density at radius 2 is 1.88 bits per heavy atom. The third-order valence-corrected chi connectivity index (χ3v) is 3.41. The lowest BCUT2D eigenvalue weighted by Crippen LogP contribution is -2.48. The maximum absolute atomic E-state index is 5.45. The van der Waals surface area contributed by atoms with Gasteiger partial charge in [-0.25, -0.2) is 0 Å². The molecule has 88 valence electrons. The van der Waals surface area contributed by atoms with Gasteiger partial charge in [-0.1, -0.05) is 0 Å². The molecule has 0 radical (unpaired) electrons. The van der Waals surface area contributed by atoms with Crippen molar-refractivity contribution in [1.82, 2.24) is 5.32 Å². The van der Waals surface area contributed by atoms with Crippen LogP contribution in [0, 0.1) is 6.92 Å². The van der Waals surface area contributed by atoms with E-state index in [9.17, 15) is 0 Å². The second-order valence-electron chi connectivity index (χ2n) is 4.37. The predicted octanol–water partition coefficient (Wildman–Crippen LogP) is 2.09. The first-order valence-electron chi connectivity index (χ1n) is 5.63. The Bertz CT molecular complexity index is 390. The fourth-order valence-electron chi connectivity index (χ4n) is 2.21. The van der Waals surface area contributed by atoms with Crippen LogP contribution in [0.5, 0.6) is 11.5 Å². The minimum Gasteiger partial charge on any atom is -0.496 e. The molecule has 3 heteroatoms. The Hall–Kier alpha value is -1.22. The molecular formula is C13H19NO2. The number of aryl methyl sites for hydroxylation is 1. The van der Waals surface area contributed by atoms with E-state index in [1.807, 2.05) is 6.92 Å². The van der Waals surface area contributed by atoms with E-state index in [2.05, 4.69) is 24.4 Å². The number of methoxy groups -OCH3 is 2. The van der Waals surface area contributed by atoms with Crippen molar-refractivity contribution >= 4 is 0 Å². The monoisotopic (exact) mass is 221 g/mol. The van der Waals surface area contributed by atoms with Gasteiger partial charge in [-0.15, -0.1) is 0 Å². The third kappa shape index (κ3) is 1.76. The Morgan fingerprint density at radius 3 is 2.31 bits per heavy atom. The molecule has 0 aromatic heterocycles. The maximum Gasteiger partial charge on any atom is 0.122 e. The van der Waals surface area contributed by atoms with Gasteiger partial charge in [0.1, 0.15) is 11.5 Å². The topological polar surface area (TPSA) is 30.5 Å². The molecule has 1 N–H and O–H groups in total. The van der Waals surface area contributed by atoms with Gasteiger partial charge >= 0.3 is 0 Å². The first-order valence-corrected chi connectivity index (χ1v) is 5.63.